The van der Waals surface area contributed by atoms with Gasteiger partial charge >= 0.3 is 6.18 Å². The van der Waals surface area contributed by atoms with Crippen LogP contribution in [0.5, 0.6) is 0 Å². The van der Waals surface area contributed by atoms with Gasteiger partial charge < -0.3 is 10.1 Å². The topological polar surface area (TPSA) is 21.3 Å². The van der Waals surface area contributed by atoms with Crippen LogP contribution in [-0.2, 0) is 11.3 Å². The van der Waals surface area contributed by atoms with Gasteiger partial charge in [0.2, 0.25) is 0 Å². The Bertz CT molecular complexity index is 300. The fourth-order valence-corrected chi connectivity index (χ4v) is 1.29. The first-order chi connectivity index (χ1) is 8.08. The van der Waals surface area contributed by atoms with E-state index in [1.165, 1.54) is 0 Å². The summed E-state index contributed by atoms with van der Waals surface area (Å²) in [7, 11) is 0. The van der Waals surface area contributed by atoms with Crippen LogP contribution in [0.4, 0.5) is 13.2 Å². The standard InChI is InChI=1S/C12H16F3NO/c13-12(14,15)10-16-7-4-8-17-9-11-5-2-1-3-6-11/h1-3,5-6,16H,4,7-10H2. The fourth-order valence-electron chi connectivity index (χ4n) is 1.29. The Morgan fingerprint density at radius 2 is 1.82 bits per heavy atom. The molecule has 0 saturated carbocycles. The molecule has 0 aromatic heterocycles. The molecule has 0 fully saturated rings. The minimum atomic E-state index is -4.13. The quantitative estimate of drug-likeness (QED) is 0.748. The maximum Gasteiger partial charge on any atom is 0.401 e. The van der Waals surface area contributed by atoms with Crippen molar-refractivity contribution in [3.8, 4) is 0 Å². The van der Waals surface area contributed by atoms with E-state index in [1.807, 2.05) is 30.3 Å². The SMILES string of the molecule is FC(F)(F)CNCCCOCc1ccccc1. The van der Waals surface area contributed by atoms with E-state index in [0.29, 0.717) is 26.2 Å². The Kier molecular flexibility index (Phi) is 6.00. The molecule has 1 aromatic carbocycles. The molecule has 0 atom stereocenters. The van der Waals surface area contributed by atoms with Crippen LogP contribution in [0, 0.1) is 0 Å². The van der Waals surface area contributed by atoms with Crippen molar-refractivity contribution in [2.45, 2.75) is 19.2 Å². The molecule has 0 bridgehead atoms. The van der Waals surface area contributed by atoms with E-state index in [9.17, 15) is 13.2 Å². The molecule has 0 radical (unpaired) electrons. The van der Waals surface area contributed by atoms with Gasteiger partial charge in [0.05, 0.1) is 13.2 Å². The highest BCUT2D eigenvalue weighted by Gasteiger charge is 2.25. The summed E-state index contributed by atoms with van der Waals surface area (Å²) in [5.74, 6) is 0. The molecule has 0 amide bonds. The number of alkyl halides is 3. The third kappa shape index (κ3) is 7.76. The molecule has 2 nitrogen and oxygen atoms in total. The molecule has 1 rings (SSSR count). The lowest BCUT2D eigenvalue weighted by molar-refractivity contribution is -0.124. The predicted molar refractivity (Wildman–Crippen MR) is 59.6 cm³/mol. The average Bonchev–Trinajstić information content (AvgIpc) is 2.28. The Balaban J connectivity index is 1.95. The number of rotatable bonds is 7. The van der Waals surface area contributed by atoms with Gasteiger partial charge in [-0.3, -0.25) is 0 Å². The zero-order valence-corrected chi connectivity index (χ0v) is 9.46. The third-order valence-electron chi connectivity index (χ3n) is 2.08. The van der Waals surface area contributed by atoms with Gasteiger partial charge in [-0.25, -0.2) is 0 Å². The molecule has 17 heavy (non-hydrogen) atoms. The van der Waals surface area contributed by atoms with Crippen LogP contribution in [0.1, 0.15) is 12.0 Å². The van der Waals surface area contributed by atoms with E-state index in [-0.39, 0.29) is 0 Å². The summed E-state index contributed by atoms with van der Waals surface area (Å²) in [6.07, 6.45) is -3.56. The van der Waals surface area contributed by atoms with Crippen LogP contribution in [0.2, 0.25) is 0 Å². The number of nitrogens with one attached hydrogen (secondary N) is 1. The lowest BCUT2D eigenvalue weighted by Gasteiger charge is -2.08. The highest BCUT2D eigenvalue weighted by atomic mass is 19.4. The van der Waals surface area contributed by atoms with Crippen molar-refractivity contribution >= 4 is 0 Å². The zero-order valence-electron chi connectivity index (χ0n) is 9.46. The molecule has 0 unspecified atom stereocenters. The number of hydrogen-bond acceptors (Lipinski definition) is 2. The van der Waals surface area contributed by atoms with Gasteiger partial charge in [0.25, 0.3) is 0 Å². The molecule has 96 valence electrons. The number of ether oxygens (including phenoxy) is 1. The summed E-state index contributed by atoms with van der Waals surface area (Å²) in [5, 5.41) is 2.32. The van der Waals surface area contributed by atoms with Gasteiger partial charge in [-0.2, -0.15) is 13.2 Å². The fraction of sp³-hybridized carbons (Fsp3) is 0.500. The average molecular weight is 247 g/mol. The molecular formula is C12H16F3NO. The van der Waals surface area contributed by atoms with Gasteiger partial charge in [-0.15, -0.1) is 0 Å². The highest BCUT2D eigenvalue weighted by Crippen LogP contribution is 2.11. The van der Waals surface area contributed by atoms with Crippen molar-refractivity contribution in [2.24, 2.45) is 0 Å². The van der Waals surface area contributed by atoms with Crippen LogP contribution in [0.15, 0.2) is 30.3 Å². The van der Waals surface area contributed by atoms with Crippen molar-refractivity contribution in [2.75, 3.05) is 19.7 Å². The van der Waals surface area contributed by atoms with E-state index in [1.54, 1.807) is 0 Å². The van der Waals surface area contributed by atoms with Crippen LogP contribution >= 0.6 is 0 Å². The van der Waals surface area contributed by atoms with E-state index in [4.69, 9.17) is 4.74 Å². The Morgan fingerprint density at radius 1 is 1.12 bits per heavy atom. The normalized spacial score (nSPS) is 11.7. The van der Waals surface area contributed by atoms with E-state index in [2.05, 4.69) is 5.32 Å². The van der Waals surface area contributed by atoms with Gasteiger partial charge in [0, 0.05) is 6.61 Å². The molecule has 0 aliphatic rings. The number of halogens is 3. The highest BCUT2D eigenvalue weighted by molar-refractivity contribution is 5.13. The summed E-state index contributed by atoms with van der Waals surface area (Å²) >= 11 is 0. The largest absolute Gasteiger partial charge is 0.401 e. The summed E-state index contributed by atoms with van der Waals surface area (Å²) in [6, 6.07) is 9.65. The second-order valence-corrected chi connectivity index (χ2v) is 3.68. The Morgan fingerprint density at radius 3 is 2.47 bits per heavy atom. The monoisotopic (exact) mass is 247 g/mol. The van der Waals surface area contributed by atoms with Gasteiger partial charge in [-0.05, 0) is 18.5 Å². The Labute approximate surface area is 98.8 Å². The maximum atomic E-state index is 11.8. The van der Waals surface area contributed by atoms with E-state index in [0.717, 1.165) is 5.56 Å². The van der Waals surface area contributed by atoms with Crippen LogP contribution in [0.25, 0.3) is 0 Å². The van der Waals surface area contributed by atoms with Crippen LogP contribution in [-0.4, -0.2) is 25.9 Å². The molecule has 1 N–H and O–H groups in total. The molecule has 0 spiro atoms. The lowest BCUT2D eigenvalue weighted by atomic mass is 10.2. The molecule has 0 aliphatic heterocycles. The summed E-state index contributed by atoms with van der Waals surface area (Å²) < 4.78 is 40.6. The van der Waals surface area contributed by atoms with Gasteiger partial charge in [0.15, 0.2) is 0 Å². The van der Waals surface area contributed by atoms with E-state index >= 15 is 0 Å². The van der Waals surface area contributed by atoms with Crippen LogP contribution < -0.4 is 5.32 Å². The summed E-state index contributed by atoms with van der Waals surface area (Å²) in [4.78, 5) is 0. The maximum absolute atomic E-state index is 11.8. The summed E-state index contributed by atoms with van der Waals surface area (Å²) in [5.41, 5.74) is 1.07. The van der Waals surface area contributed by atoms with E-state index < -0.39 is 12.7 Å². The summed E-state index contributed by atoms with van der Waals surface area (Å²) in [6.45, 7) is 0.333. The molecule has 5 heteroatoms. The predicted octanol–water partition coefficient (Wildman–Crippen LogP) is 2.75. The minimum absolute atomic E-state index is 0.314. The van der Waals surface area contributed by atoms with Crippen molar-refractivity contribution in [3.05, 3.63) is 35.9 Å². The minimum Gasteiger partial charge on any atom is -0.377 e. The first-order valence-electron chi connectivity index (χ1n) is 5.47. The molecule has 1 aromatic rings. The first-order valence-corrected chi connectivity index (χ1v) is 5.47. The van der Waals surface area contributed by atoms with Crippen molar-refractivity contribution < 1.29 is 17.9 Å². The zero-order chi connectivity index (χ0) is 12.6. The smallest absolute Gasteiger partial charge is 0.377 e. The van der Waals surface area contributed by atoms with Crippen molar-refractivity contribution in [1.82, 2.24) is 5.32 Å². The molecule has 0 saturated heterocycles. The van der Waals surface area contributed by atoms with Crippen molar-refractivity contribution in [1.29, 1.82) is 0 Å². The Hall–Kier alpha value is -1.07. The molecular weight excluding hydrogens is 231 g/mol. The number of benzene rings is 1. The molecule has 0 heterocycles. The molecule has 0 aliphatic carbocycles. The number of hydrogen-bond donors (Lipinski definition) is 1. The second kappa shape index (κ2) is 7.29. The lowest BCUT2D eigenvalue weighted by Crippen LogP contribution is -2.29. The van der Waals surface area contributed by atoms with Crippen molar-refractivity contribution in [3.63, 3.8) is 0 Å². The first kappa shape index (κ1) is 14.0. The third-order valence-corrected chi connectivity index (χ3v) is 2.08. The van der Waals surface area contributed by atoms with Crippen LogP contribution in [0.3, 0.4) is 0 Å². The second-order valence-electron chi connectivity index (χ2n) is 3.68. The van der Waals surface area contributed by atoms with Gasteiger partial charge in [0.1, 0.15) is 0 Å². The van der Waals surface area contributed by atoms with Gasteiger partial charge in [-0.1, -0.05) is 30.3 Å².